The van der Waals surface area contributed by atoms with E-state index in [1.807, 2.05) is 24.3 Å². The fourth-order valence-electron chi connectivity index (χ4n) is 1.79. The Kier molecular flexibility index (Phi) is 5.97. The molecule has 0 bridgehead atoms. The highest BCUT2D eigenvalue weighted by Gasteiger charge is 2.12. The average Bonchev–Trinajstić information content (AvgIpc) is 2.48. The van der Waals surface area contributed by atoms with Crippen molar-refractivity contribution in [3.8, 4) is 0 Å². The quantitative estimate of drug-likeness (QED) is 0.707. The lowest BCUT2D eigenvalue weighted by Crippen LogP contribution is -2.27. The van der Waals surface area contributed by atoms with Gasteiger partial charge in [0.2, 0.25) is 5.91 Å². The van der Waals surface area contributed by atoms with Gasteiger partial charge in [0, 0.05) is 29.0 Å². The second-order valence-corrected chi connectivity index (χ2v) is 6.67. The predicted molar refractivity (Wildman–Crippen MR) is 87.7 cm³/mol. The molecule has 6 heteroatoms. The van der Waals surface area contributed by atoms with E-state index < -0.39 is 11.6 Å². The maximum absolute atomic E-state index is 13.5. The summed E-state index contributed by atoms with van der Waals surface area (Å²) in [5, 5.41) is 0. The Balaban J connectivity index is 1.89. The Morgan fingerprint density at radius 2 is 1.86 bits per heavy atom. The Bertz CT molecular complexity index is 664. The highest BCUT2D eigenvalue weighted by atomic mass is 79.9. The van der Waals surface area contributed by atoms with E-state index in [-0.39, 0.29) is 16.6 Å². The van der Waals surface area contributed by atoms with Gasteiger partial charge in [-0.25, -0.2) is 8.78 Å². The van der Waals surface area contributed by atoms with E-state index in [9.17, 15) is 13.6 Å². The number of rotatable bonds is 5. The lowest BCUT2D eigenvalue weighted by atomic mass is 10.2. The third-order valence-electron chi connectivity index (χ3n) is 3.00. The van der Waals surface area contributed by atoms with Gasteiger partial charge in [0.25, 0.3) is 0 Å². The molecule has 0 spiro atoms. The van der Waals surface area contributed by atoms with Crippen LogP contribution in [-0.4, -0.2) is 23.6 Å². The molecule has 0 aliphatic heterocycles. The monoisotopic (exact) mass is 385 g/mol. The molecule has 2 nitrogen and oxygen atoms in total. The normalized spacial score (nSPS) is 10.5. The van der Waals surface area contributed by atoms with E-state index in [0.717, 1.165) is 27.9 Å². The van der Waals surface area contributed by atoms with Gasteiger partial charge >= 0.3 is 0 Å². The summed E-state index contributed by atoms with van der Waals surface area (Å²) in [5.41, 5.74) is 1.01. The first-order chi connectivity index (χ1) is 10.5. The van der Waals surface area contributed by atoms with Gasteiger partial charge in [-0.05, 0) is 29.8 Å². The molecule has 0 aromatic heterocycles. The number of carbonyl (C=O) groups is 1. The van der Waals surface area contributed by atoms with Gasteiger partial charge in [-0.2, -0.15) is 0 Å². The molecule has 0 saturated heterocycles. The first-order valence-electron chi connectivity index (χ1n) is 6.52. The lowest BCUT2D eigenvalue weighted by molar-refractivity contribution is -0.127. The molecule has 22 heavy (non-hydrogen) atoms. The molecule has 0 atom stereocenters. The Morgan fingerprint density at radius 3 is 2.50 bits per heavy atom. The first kappa shape index (κ1) is 17.0. The third-order valence-corrected chi connectivity index (χ3v) is 4.57. The zero-order chi connectivity index (χ0) is 16.1. The van der Waals surface area contributed by atoms with Crippen LogP contribution in [0.25, 0.3) is 0 Å². The lowest BCUT2D eigenvalue weighted by Gasteiger charge is -2.17. The summed E-state index contributed by atoms with van der Waals surface area (Å²) in [6.45, 7) is 0.485. The number of carbonyl (C=O) groups excluding carboxylic acids is 1. The minimum atomic E-state index is -0.645. The molecule has 2 aromatic carbocycles. The molecule has 0 aliphatic rings. The van der Waals surface area contributed by atoms with Crippen LogP contribution in [0.1, 0.15) is 5.56 Å². The molecule has 0 radical (unpaired) electrons. The van der Waals surface area contributed by atoms with Gasteiger partial charge in [0.05, 0.1) is 5.75 Å². The molecular formula is C16H14BrF2NOS. The summed E-state index contributed by atoms with van der Waals surface area (Å²) in [4.78, 5) is 13.9. The maximum Gasteiger partial charge on any atom is 0.232 e. The van der Waals surface area contributed by atoms with Crippen molar-refractivity contribution in [2.45, 2.75) is 11.4 Å². The number of hydrogen-bond donors (Lipinski definition) is 0. The fourth-order valence-corrected chi connectivity index (χ4v) is 2.92. The van der Waals surface area contributed by atoms with Crippen LogP contribution in [0, 0.1) is 11.6 Å². The zero-order valence-corrected chi connectivity index (χ0v) is 14.3. The predicted octanol–water partition coefficient (Wildman–Crippen LogP) is 4.48. The van der Waals surface area contributed by atoms with E-state index in [4.69, 9.17) is 0 Å². The van der Waals surface area contributed by atoms with Crippen LogP contribution in [0.4, 0.5) is 8.78 Å². The molecule has 1 amide bonds. The Hall–Kier alpha value is -1.40. The van der Waals surface area contributed by atoms with E-state index >= 15 is 0 Å². The topological polar surface area (TPSA) is 20.3 Å². The number of benzene rings is 2. The minimum Gasteiger partial charge on any atom is -0.341 e. The summed E-state index contributed by atoms with van der Waals surface area (Å²) in [6, 6.07) is 11.0. The van der Waals surface area contributed by atoms with E-state index in [0.29, 0.717) is 6.54 Å². The van der Waals surface area contributed by atoms with E-state index in [1.165, 1.54) is 12.1 Å². The largest absolute Gasteiger partial charge is 0.341 e. The van der Waals surface area contributed by atoms with Crippen LogP contribution in [0.5, 0.6) is 0 Å². The molecule has 0 aliphatic carbocycles. The molecule has 0 fully saturated rings. The SMILES string of the molecule is CN(Cc1ccc(Br)cc1)C(=O)CSc1ccc(F)cc1F. The number of amides is 1. The number of thioether (sulfide) groups is 1. The number of hydrogen-bond acceptors (Lipinski definition) is 2. The van der Waals surface area contributed by atoms with Gasteiger partial charge in [-0.1, -0.05) is 28.1 Å². The summed E-state index contributed by atoms with van der Waals surface area (Å²) in [6.07, 6.45) is 0. The molecule has 116 valence electrons. The molecular weight excluding hydrogens is 372 g/mol. The van der Waals surface area contributed by atoms with Crippen LogP contribution >= 0.6 is 27.7 Å². The number of halogens is 3. The molecule has 2 aromatic rings. The summed E-state index contributed by atoms with van der Waals surface area (Å²) in [5.74, 6) is -1.28. The van der Waals surface area contributed by atoms with Crippen molar-refractivity contribution < 1.29 is 13.6 Å². The maximum atomic E-state index is 13.5. The van der Waals surface area contributed by atoms with Crippen molar-refractivity contribution in [3.05, 3.63) is 64.1 Å². The molecule has 0 N–H and O–H groups in total. The van der Waals surface area contributed by atoms with E-state index in [2.05, 4.69) is 15.9 Å². The summed E-state index contributed by atoms with van der Waals surface area (Å²) in [7, 11) is 1.70. The van der Waals surface area contributed by atoms with Crippen molar-refractivity contribution in [2.24, 2.45) is 0 Å². The smallest absolute Gasteiger partial charge is 0.232 e. The van der Waals surface area contributed by atoms with Crippen LogP contribution in [0.15, 0.2) is 51.8 Å². The van der Waals surface area contributed by atoms with Crippen molar-refractivity contribution in [1.29, 1.82) is 0 Å². The standard InChI is InChI=1S/C16H14BrF2NOS/c1-20(9-11-2-4-12(17)5-3-11)16(21)10-22-15-7-6-13(18)8-14(15)19/h2-8H,9-10H2,1H3. The molecule has 0 heterocycles. The highest BCUT2D eigenvalue weighted by molar-refractivity contribution is 9.10. The molecule has 2 rings (SSSR count). The second-order valence-electron chi connectivity index (χ2n) is 4.74. The van der Waals surface area contributed by atoms with Crippen LogP contribution in [0.3, 0.4) is 0 Å². The summed E-state index contributed by atoms with van der Waals surface area (Å²) >= 11 is 4.42. The first-order valence-corrected chi connectivity index (χ1v) is 8.30. The van der Waals surface area contributed by atoms with E-state index in [1.54, 1.807) is 11.9 Å². The summed E-state index contributed by atoms with van der Waals surface area (Å²) < 4.78 is 27.3. The van der Waals surface area contributed by atoms with Crippen LogP contribution < -0.4 is 0 Å². The van der Waals surface area contributed by atoms with Gasteiger partial charge in [0.1, 0.15) is 11.6 Å². The average molecular weight is 386 g/mol. The Morgan fingerprint density at radius 1 is 1.18 bits per heavy atom. The van der Waals surface area contributed by atoms with Crippen molar-refractivity contribution in [2.75, 3.05) is 12.8 Å². The second kappa shape index (κ2) is 7.74. The van der Waals surface area contributed by atoms with Crippen molar-refractivity contribution in [3.63, 3.8) is 0 Å². The zero-order valence-electron chi connectivity index (χ0n) is 11.9. The Labute approximate surface area is 140 Å². The fraction of sp³-hybridized carbons (Fsp3) is 0.188. The van der Waals surface area contributed by atoms with Gasteiger partial charge < -0.3 is 4.90 Å². The third kappa shape index (κ3) is 4.81. The van der Waals surface area contributed by atoms with Crippen molar-refractivity contribution in [1.82, 2.24) is 4.90 Å². The van der Waals surface area contributed by atoms with Crippen molar-refractivity contribution >= 4 is 33.6 Å². The van der Waals surface area contributed by atoms with Crippen LogP contribution in [-0.2, 0) is 11.3 Å². The highest BCUT2D eigenvalue weighted by Crippen LogP contribution is 2.22. The number of nitrogens with zero attached hydrogens (tertiary/aromatic N) is 1. The van der Waals surface area contributed by atoms with Crippen LogP contribution in [0.2, 0.25) is 0 Å². The molecule has 0 unspecified atom stereocenters. The van der Waals surface area contributed by atoms with Gasteiger partial charge in [-0.15, -0.1) is 11.8 Å². The van der Waals surface area contributed by atoms with Gasteiger partial charge in [-0.3, -0.25) is 4.79 Å². The molecule has 0 saturated carbocycles. The van der Waals surface area contributed by atoms with Gasteiger partial charge in [0.15, 0.2) is 0 Å². The minimum absolute atomic E-state index is 0.107.